The van der Waals surface area contributed by atoms with E-state index in [0.29, 0.717) is 26.5 Å². The lowest BCUT2D eigenvalue weighted by Crippen LogP contribution is -2.44. The fraction of sp³-hybridized carbons (Fsp3) is 0.917. The molecule has 0 bridgehead atoms. The van der Waals surface area contributed by atoms with Gasteiger partial charge in [-0.1, -0.05) is 43.4 Å². The molecule has 1 nitrogen and oxygen atoms in total. The van der Waals surface area contributed by atoms with E-state index in [1.165, 1.54) is 12.8 Å². The van der Waals surface area contributed by atoms with Crippen LogP contribution in [0.1, 0.15) is 46.5 Å². The third-order valence-electron chi connectivity index (χ3n) is 4.51. The molecule has 0 heterocycles. The van der Waals surface area contributed by atoms with Gasteiger partial charge in [0.25, 0.3) is 0 Å². The van der Waals surface area contributed by atoms with Crippen molar-refractivity contribution >= 4 is 28.4 Å². The Morgan fingerprint density at radius 2 is 2.00 bits per heavy atom. The molecule has 2 saturated carbocycles. The number of halogens is 1. The van der Waals surface area contributed by atoms with Gasteiger partial charge in [0, 0.05) is 16.8 Å². The molecule has 0 aromatic carbocycles. The predicted molar refractivity (Wildman–Crippen MR) is 66.7 cm³/mol. The van der Waals surface area contributed by atoms with Crippen LogP contribution in [-0.4, -0.2) is 9.71 Å². The summed E-state index contributed by atoms with van der Waals surface area (Å²) < 4.78 is 0.699. The molecule has 3 atom stereocenters. The van der Waals surface area contributed by atoms with E-state index in [-0.39, 0.29) is 0 Å². The molecule has 2 heteroatoms. The monoisotopic (exact) mass is 306 g/mol. The fourth-order valence-corrected chi connectivity index (χ4v) is 4.55. The van der Waals surface area contributed by atoms with Gasteiger partial charge in [-0.3, -0.25) is 4.79 Å². The van der Waals surface area contributed by atoms with Gasteiger partial charge >= 0.3 is 0 Å². The van der Waals surface area contributed by atoms with Gasteiger partial charge in [0.15, 0.2) is 0 Å². The summed E-state index contributed by atoms with van der Waals surface area (Å²) in [5.41, 5.74) is 0.669. The normalized spacial score (nSPS) is 46.4. The van der Waals surface area contributed by atoms with Crippen molar-refractivity contribution < 1.29 is 4.79 Å². The number of ketones is 1. The van der Waals surface area contributed by atoms with Crippen molar-refractivity contribution in [2.45, 2.75) is 50.4 Å². The molecule has 2 aliphatic carbocycles. The number of carbonyl (C=O) groups excluding carboxylic acids is 1. The second-order valence-electron chi connectivity index (χ2n) is 5.97. The number of rotatable bonds is 0. The van der Waals surface area contributed by atoms with Crippen LogP contribution in [0, 0.1) is 16.7 Å². The standard InChI is InChI=1S/C12H19IO/c1-11(2)5-4-10(13)12(3)7-8(14)6-9(11)12/h9-10H,4-7H2,1-3H3/t9-,10-,12-/m0/s1. The van der Waals surface area contributed by atoms with Crippen LogP contribution in [0.25, 0.3) is 0 Å². The summed E-state index contributed by atoms with van der Waals surface area (Å²) in [6.45, 7) is 7.02. The van der Waals surface area contributed by atoms with E-state index in [2.05, 4.69) is 43.4 Å². The van der Waals surface area contributed by atoms with Crippen LogP contribution in [0.2, 0.25) is 0 Å². The Morgan fingerprint density at radius 1 is 1.36 bits per heavy atom. The Morgan fingerprint density at radius 3 is 2.57 bits per heavy atom. The van der Waals surface area contributed by atoms with E-state index in [1.807, 2.05) is 0 Å². The lowest BCUT2D eigenvalue weighted by Gasteiger charge is -2.49. The maximum Gasteiger partial charge on any atom is 0.133 e. The summed E-state index contributed by atoms with van der Waals surface area (Å²) in [7, 11) is 0. The second kappa shape index (κ2) is 3.19. The first kappa shape index (κ1) is 10.9. The van der Waals surface area contributed by atoms with Gasteiger partial charge in [0.2, 0.25) is 0 Å². The number of carbonyl (C=O) groups is 1. The van der Waals surface area contributed by atoms with E-state index in [1.54, 1.807) is 0 Å². The highest BCUT2D eigenvalue weighted by Crippen LogP contribution is 2.60. The minimum Gasteiger partial charge on any atom is -0.300 e. The summed E-state index contributed by atoms with van der Waals surface area (Å²) in [5, 5.41) is 0. The van der Waals surface area contributed by atoms with Crippen LogP contribution in [0.3, 0.4) is 0 Å². The van der Waals surface area contributed by atoms with E-state index in [9.17, 15) is 4.79 Å². The number of alkyl halides is 1. The lowest BCUT2D eigenvalue weighted by molar-refractivity contribution is -0.118. The molecular weight excluding hydrogens is 287 g/mol. The highest BCUT2D eigenvalue weighted by molar-refractivity contribution is 14.1. The van der Waals surface area contributed by atoms with Crippen molar-refractivity contribution in [2.75, 3.05) is 0 Å². The Labute approximate surface area is 100 Å². The largest absolute Gasteiger partial charge is 0.300 e. The zero-order valence-corrected chi connectivity index (χ0v) is 11.4. The molecule has 0 N–H and O–H groups in total. The smallest absolute Gasteiger partial charge is 0.133 e. The average molecular weight is 306 g/mol. The van der Waals surface area contributed by atoms with Gasteiger partial charge in [0.1, 0.15) is 5.78 Å². The van der Waals surface area contributed by atoms with Gasteiger partial charge in [-0.2, -0.15) is 0 Å². The number of Topliss-reactive ketones (excluding diaryl/α,β-unsaturated/α-hetero) is 1. The predicted octanol–water partition coefficient (Wildman–Crippen LogP) is 3.60. The van der Waals surface area contributed by atoms with Crippen molar-refractivity contribution in [3.8, 4) is 0 Å². The molecule has 2 fully saturated rings. The molecule has 0 aliphatic heterocycles. The van der Waals surface area contributed by atoms with Crippen molar-refractivity contribution in [1.29, 1.82) is 0 Å². The van der Waals surface area contributed by atoms with E-state index >= 15 is 0 Å². The Bertz CT molecular complexity index is 271. The highest BCUT2D eigenvalue weighted by Gasteiger charge is 2.55. The maximum atomic E-state index is 11.6. The molecule has 0 radical (unpaired) electrons. The molecule has 0 spiro atoms. The van der Waals surface area contributed by atoms with Gasteiger partial charge in [-0.05, 0) is 29.6 Å². The van der Waals surface area contributed by atoms with Gasteiger partial charge in [-0.25, -0.2) is 0 Å². The molecule has 0 saturated heterocycles. The Kier molecular flexibility index (Phi) is 2.49. The SMILES string of the molecule is CC1(C)CC[C@H](I)[C@@]2(C)CC(=O)C[C@@H]12. The quantitative estimate of drug-likeness (QED) is 0.494. The maximum absolute atomic E-state index is 11.6. The van der Waals surface area contributed by atoms with Crippen LogP contribution in [-0.2, 0) is 4.79 Å². The molecule has 80 valence electrons. The minimum absolute atomic E-state index is 0.291. The molecule has 0 aromatic rings. The summed E-state index contributed by atoms with van der Waals surface area (Å²) in [6, 6.07) is 0. The molecule has 0 unspecified atom stereocenters. The van der Waals surface area contributed by atoms with Crippen molar-refractivity contribution in [2.24, 2.45) is 16.7 Å². The zero-order valence-electron chi connectivity index (χ0n) is 9.27. The van der Waals surface area contributed by atoms with Gasteiger partial charge < -0.3 is 0 Å². The molecule has 2 aliphatic rings. The Hall–Kier alpha value is 0.400. The number of fused-ring (bicyclic) bond motifs is 1. The van der Waals surface area contributed by atoms with Crippen LogP contribution in [0.15, 0.2) is 0 Å². The fourth-order valence-electron chi connectivity index (χ4n) is 3.58. The van der Waals surface area contributed by atoms with Crippen LogP contribution in [0.5, 0.6) is 0 Å². The topological polar surface area (TPSA) is 17.1 Å². The van der Waals surface area contributed by atoms with E-state index in [0.717, 1.165) is 12.8 Å². The molecule has 0 aromatic heterocycles. The van der Waals surface area contributed by atoms with Crippen molar-refractivity contribution in [3.05, 3.63) is 0 Å². The first-order valence-corrected chi connectivity index (χ1v) is 6.76. The second-order valence-corrected chi connectivity index (χ2v) is 7.48. The van der Waals surface area contributed by atoms with Crippen molar-refractivity contribution in [3.63, 3.8) is 0 Å². The first-order valence-electron chi connectivity index (χ1n) is 5.52. The third-order valence-corrected chi connectivity index (χ3v) is 6.55. The van der Waals surface area contributed by atoms with Gasteiger partial charge in [0.05, 0.1) is 0 Å². The number of hydrogen-bond donors (Lipinski definition) is 0. The third kappa shape index (κ3) is 1.44. The van der Waals surface area contributed by atoms with Crippen LogP contribution < -0.4 is 0 Å². The van der Waals surface area contributed by atoms with Crippen molar-refractivity contribution in [1.82, 2.24) is 0 Å². The molecule has 14 heavy (non-hydrogen) atoms. The summed E-state index contributed by atoms with van der Waals surface area (Å²) in [4.78, 5) is 11.6. The van der Waals surface area contributed by atoms with Crippen LogP contribution >= 0.6 is 22.6 Å². The average Bonchev–Trinajstić information content (AvgIpc) is 2.38. The summed E-state index contributed by atoms with van der Waals surface area (Å²) in [5.74, 6) is 1.12. The summed E-state index contributed by atoms with van der Waals surface area (Å²) >= 11 is 2.57. The first-order chi connectivity index (χ1) is 6.36. The van der Waals surface area contributed by atoms with E-state index in [4.69, 9.17) is 0 Å². The highest BCUT2D eigenvalue weighted by atomic mass is 127. The van der Waals surface area contributed by atoms with Crippen LogP contribution in [0.4, 0.5) is 0 Å². The number of hydrogen-bond acceptors (Lipinski definition) is 1. The zero-order chi connectivity index (χ0) is 10.6. The Balaban J connectivity index is 2.35. The molecule has 2 rings (SSSR count). The van der Waals surface area contributed by atoms with Gasteiger partial charge in [-0.15, -0.1) is 0 Å². The lowest BCUT2D eigenvalue weighted by atomic mass is 9.58. The summed E-state index contributed by atoms with van der Waals surface area (Å²) in [6.07, 6.45) is 4.24. The van der Waals surface area contributed by atoms with E-state index < -0.39 is 0 Å². The molecular formula is C12H19IO. The molecule has 0 amide bonds. The minimum atomic E-state index is 0.291.